The van der Waals surface area contributed by atoms with E-state index in [1.54, 1.807) is 19.1 Å². The van der Waals surface area contributed by atoms with Gasteiger partial charge < -0.3 is 15.5 Å². The first-order chi connectivity index (χ1) is 9.05. The molecular weight excluding hydrogens is 240 g/mol. The smallest absolute Gasteiger partial charge is 0.287 e. The molecule has 100 valence electrons. The first-order valence-electron chi connectivity index (χ1n) is 6.20. The Kier molecular flexibility index (Phi) is 3.71. The SMILES string of the molecule is Cc1ccc(C(=O)NC(C)(CN)c2ccccc2)o1. The van der Waals surface area contributed by atoms with Gasteiger partial charge in [-0.1, -0.05) is 30.3 Å². The van der Waals surface area contributed by atoms with Crippen LogP contribution in [0, 0.1) is 6.92 Å². The van der Waals surface area contributed by atoms with Crippen molar-refractivity contribution in [1.29, 1.82) is 0 Å². The predicted molar refractivity (Wildman–Crippen MR) is 73.8 cm³/mol. The summed E-state index contributed by atoms with van der Waals surface area (Å²) in [4.78, 5) is 12.1. The molecule has 2 rings (SSSR count). The van der Waals surface area contributed by atoms with Crippen LogP contribution in [0.4, 0.5) is 0 Å². The topological polar surface area (TPSA) is 68.3 Å². The number of benzene rings is 1. The lowest BCUT2D eigenvalue weighted by atomic mass is 9.92. The standard InChI is InChI=1S/C15H18N2O2/c1-11-8-9-13(19-11)14(18)17-15(2,10-16)12-6-4-3-5-7-12/h3-9H,10,16H2,1-2H3,(H,17,18). The van der Waals surface area contributed by atoms with Crippen LogP contribution in [0.3, 0.4) is 0 Å². The molecule has 3 N–H and O–H groups in total. The molecule has 2 aromatic rings. The van der Waals surface area contributed by atoms with Crippen LogP contribution < -0.4 is 11.1 Å². The van der Waals surface area contributed by atoms with Gasteiger partial charge in [0.15, 0.2) is 5.76 Å². The van der Waals surface area contributed by atoms with Gasteiger partial charge in [0, 0.05) is 6.54 Å². The molecule has 0 fully saturated rings. The summed E-state index contributed by atoms with van der Waals surface area (Å²) in [6.07, 6.45) is 0. The van der Waals surface area contributed by atoms with Crippen molar-refractivity contribution in [3.63, 3.8) is 0 Å². The third kappa shape index (κ3) is 2.85. The van der Waals surface area contributed by atoms with E-state index >= 15 is 0 Å². The van der Waals surface area contributed by atoms with Gasteiger partial charge in [0.05, 0.1) is 5.54 Å². The lowest BCUT2D eigenvalue weighted by molar-refractivity contribution is 0.0877. The van der Waals surface area contributed by atoms with E-state index in [0.29, 0.717) is 18.1 Å². The largest absolute Gasteiger partial charge is 0.456 e. The molecule has 1 unspecified atom stereocenters. The van der Waals surface area contributed by atoms with Gasteiger partial charge in [0.25, 0.3) is 5.91 Å². The summed E-state index contributed by atoms with van der Waals surface area (Å²) < 4.78 is 5.32. The number of carbonyl (C=O) groups is 1. The van der Waals surface area contributed by atoms with E-state index in [4.69, 9.17) is 10.2 Å². The van der Waals surface area contributed by atoms with Gasteiger partial charge in [-0.15, -0.1) is 0 Å². The fourth-order valence-electron chi connectivity index (χ4n) is 1.92. The molecule has 1 aromatic carbocycles. The predicted octanol–water partition coefficient (Wildman–Crippen LogP) is 2.19. The summed E-state index contributed by atoms with van der Waals surface area (Å²) >= 11 is 0. The number of rotatable bonds is 4. The van der Waals surface area contributed by atoms with Crippen LogP contribution in [0.1, 0.15) is 28.8 Å². The van der Waals surface area contributed by atoms with Crippen molar-refractivity contribution in [2.45, 2.75) is 19.4 Å². The molecule has 1 atom stereocenters. The van der Waals surface area contributed by atoms with Crippen molar-refractivity contribution in [1.82, 2.24) is 5.32 Å². The Morgan fingerprint density at radius 1 is 1.26 bits per heavy atom. The summed E-state index contributed by atoms with van der Waals surface area (Å²) in [5.41, 5.74) is 6.18. The van der Waals surface area contributed by atoms with Gasteiger partial charge in [-0.05, 0) is 31.5 Å². The van der Waals surface area contributed by atoms with Crippen molar-refractivity contribution in [2.75, 3.05) is 6.54 Å². The molecule has 0 radical (unpaired) electrons. The molecular formula is C15H18N2O2. The molecule has 0 aliphatic rings. The number of hydrogen-bond acceptors (Lipinski definition) is 3. The zero-order valence-electron chi connectivity index (χ0n) is 11.1. The summed E-state index contributed by atoms with van der Waals surface area (Å²) in [7, 11) is 0. The van der Waals surface area contributed by atoms with Crippen molar-refractivity contribution in [3.05, 3.63) is 59.5 Å². The van der Waals surface area contributed by atoms with E-state index in [9.17, 15) is 4.79 Å². The van der Waals surface area contributed by atoms with Gasteiger partial charge in [0.1, 0.15) is 5.76 Å². The molecule has 4 nitrogen and oxygen atoms in total. The number of nitrogens with one attached hydrogen (secondary N) is 1. The maximum Gasteiger partial charge on any atom is 0.287 e. The zero-order valence-corrected chi connectivity index (χ0v) is 11.1. The molecule has 19 heavy (non-hydrogen) atoms. The minimum atomic E-state index is -0.612. The second-order valence-corrected chi connectivity index (χ2v) is 4.77. The van der Waals surface area contributed by atoms with Gasteiger partial charge in [-0.3, -0.25) is 4.79 Å². The number of aryl methyl sites for hydroxylation is 1. The summed E-state index contributed by atoms with van der Waals surface area (Å²) in [6.45, 7) is 4.01. The Labute approximate surface area is 112 Å². The van der Waals surface area contributed by atoms with Crippen LogP contribution in [0.15, 0.2) is 46.9 Å². The van der Waals surface area contributed by atoms with Crippen LogP contribution in [0.2, 0.25) is 0 Å². The zero-order chi connectivity index (χ0) is 13.9. The molecule has 0 saturated heterocycles. The van der Waals surface area contributed by atoms with Gasteiger partial charge in [-0.2, -0.15) is 0 Å². The number of nitrogens with two attached hydrogens (primary N) is 1. The average molecular weight is 258 g/mol. The van der Waals surface area contributed by atoms with Crippen LogP contribution in [0.25, 0.3) is 0 Å². The Morgan fingerprint density at radius 3 is 2.47 bits per heavy atom. The van der Waals surface area contributed by atoms with Crippen LogP contribution in [-0.2, 0) is 5.54 Å². The molecule has 1 amide bonds. The van der Waals surface area contributed by atoms with E-state index in [1.165, 1.54) is 0 Å². The van der Waals surface area contributed by atoms with Crippen LogP contribution in [-0.4, -0.2) is 12.5 Å². The first-order valence-corrected chi connectivity index (χ1v) is 6.20. The van der Waals surface area contributed by atoms with E-state index in [2.05, 4.69) is 5.32 Å². The molecule has 1 heterocycles. The molecule has 0 saturated carbocycles. The van der Waals surface area contributed by atoms with E-state index in [0.717, 1.165) is 5.56 Å². The fourth-order valence-corrected chi connectivity index (χ4v) is 1.92. The van der Waals surface area contributed by atoms with Crippen molar-refractivity contribution >= 4 is 5.91 Å². The number of hydrogen-bond donors (Lipinski definition) is 2. The molecule has 0 bridgehead atoms. The molecule has 0 aliphatic carbocycles. The highest BCUT2D eigenvalue weighted by Gasteiger charge is 2.28. The van der Waals surface area contributed by atoms with Gasteiger partial charge in [0.2, 0.25) is 0 Å². The van der Waals surface area contributed by atoms with E-state index < -0.39 is 5.54 Å². The van der Waals surface area contributed by atoms with Crippen molar-refractivity contribution in [2.24, 2.45) is 5.73 Å². The van der Waals surface area contributed by atoms with E-state index in [-0.39, 0.29) is 5.91 Å². The normalized spacial score (nSPS) is 13.8. The third-order valence-electron chi connectivity index (χ3n) is 3.17. The Morgan fingerprint density at radius 2 is 1.95 bits per heavy atom. The van der Waals surface area contributed by atoms with Crippen molar-refractivity contribution in [3.8, 4) is 0 Å². The fraction of sp³-hybridized carbons (Fsp3) is 0.267. The second-order valence-electron chi connectivity index (χ2n) is 4.77. The Bertz CT molecular complexity index is 563. The lowest BCUT2D eigenvalue weighted by Gasteiger charge is -2.29. The molecule has 0 aliphatic heterocycles. The Hall–Kier alpha value is -2.07. The number of amides is 1. The Balaban J connectivity index is 2.22. The van der Waals surface area contributed by atoms with Crippen molar-refractivity contribution < 1.29 is 9.21 Å². The molecule has 4 heteroatoms. The first kappa shape index (κ1) is 13.4. The summed E-state index contributed by atoms with van der Waals surface area (Å²) in [6, 6.07) is 13.1. The summed E-state index contributed by atoms with van der Waals surface area (Å²) in [5.74, 6) is 0.748. The second kappa shape index (κ2) is 5.28. The monoisotopic (exact) mass is 258 g/mol. The average Bonchev–Trinajstić information content (AvgIpc) is 2.86. The minimum Gasteiger partial charge on any atom is -0.456 e. The minimum absolute atomic E-state index is 0.259. The maximum atomic E-state index is 12.1. The number of carbonyl (C=O) groups excluding carboxylic acids is 1. The summed E-state index contributed by atoms with van der Waals surface area (Å²) in [5, 5.41) is 2.93. The maximum absolute atomic E-state index is 12.1. The number of furan rings is 1. The highest BCUT2D eigenvalue weighted by Crippen LogP contribution is 2.20. The molecule has 0 spiro atoms. The quantitative estimate of drug-likeness (QED) is 0.883. The van der Waals surface area contributed by atoms with Gasteiger partial charge >= 0.3 is 0 Å². The van der Waals surface area contributed by atoms with E-state index in [1.807, 2.05) is 37.3 Å². The highest BCUT2D eigenvalue weighted by atomic mass is 16.3. The highest BCUT2D eigenvalue weighted by molar-refractivity contribution is 5.92. The lowest BCUT2D eigenvalue weighted by Crippen LogP contribution is -2.48. The third-order valence-corrected chi connectivity index (χ3v) is 3.17. The van der Waals surface area contributed by atoms with Gasteiger partial charge in [-0.25, -0.2) is 0 Å². The van der Waals surface area contributed by atoms with Crippen LogP contribution in [0.5, 0.6) is 0 Å². The molecule has 1 aromatic heterocycles. The van der Waals surface area contributed by atoms with Crippen LogP contribution >= 0.6 is 0 Å².